The third kappa shape index (κ3) is 4.67. The van der Waals surface area contributed by atoms with Crippen LogP contribution in [-0.4, -0.2) is 23.5 Å². The Kier molecular flexibility index (Phi) is 6.26. The van der Waals surface area contributed by atoms with Gasteiger partial charge in [-0.05, 0) is 38.1 Å². The molecule has 0 spiro atoms. The second-order valence-corrected chi connectivity index (χ2v) is 7.11. The summed E-state index contributed by atoms with van der Waals surface area (Å²) in [5.41, 5.74) is 2.32. The standard InChI is InChI=1S/C21H18FNO4S/c1-13-18(14(2)27-23-13)12-28-20-9-4-3-8-17(20)21(25)26-11-19(24)15-6-5-7-16(22)10-15/h3-10H,11-12H2,1-2H3. The first-order valence-corrected chi connectivity index (χ1v) is 9.53. The van der Waals surface area contributed by atoms with Gasteiger partial charge in [-0.25, -0.2) is 9.18 Å². The second kappa shape index (κ2) is 8.84. The summed E-state index contributed by atoms with van der Waals surface area (Å²) in [7, 11) is 0. The number of carbonyl (C=O) groups excluding carboxylic acids is 2. The van der Waals surface area contributed by atoms with Crippen molar-refractivity contribution in [1.29, 1.82) is 0 Å². The van der Waals surface area contributed by atoms with E-state index < -0.39 is 24.2 Å². The molecule has 0 saturated carbocycles. The van der Waals surface area contributed by atoms with Gasteiger partial charge in [0.15, 0.2) is 12.4 Å². The molecule has 1 heterocycles. The highest BCUT2D eigenvalue weighted by molar-refractivity contribution is 7.98. The van der Waals surface area contributed by atoms with Gasteiger partial charge in [0.1, 0.15) is 11.6 Å². The van der Waals surface area contributed by atoms with E-state index in [4.69, 9.17) is 9.26 Å². The molecule has 7 heteroatoms. The summed E-state index contributed by atoms with van der Waals surface area (Å²) in [6.07, 6.45) is 0. The lowest BCUT2D eigenvalue weighted by molar-refractivity contribution is 0.0471. The average molecular weight is 399 g/mol. The molecule has 3 rings (SSSR count). The predicted molar refractivity (Wildman–Crippen MR) is 103 cm³/mol. The van der Waals surface area contributed by atoms with Gasteiger partial charge in [-0.1, -0.05) is 29.4 Å². The molecule has 0 fully saturated rings. The molecule has 0 amide bonds. The van der Waals surface area contributed by atoms with E-state index in [1.165, 1.54) is 30.0 Å². The highest BCUT2D eigenvalue weighted by atomic mass is 32.2. The number of ketones is 1. The lowest BCUT2D eigenvalue weighted by Gasteiger charge is -2.09. The quantitative estimate of drug-likeness (QED) is 0.324. The monoisotopic (exact) mass is 399 g/mol. The van der Waals surface area contributed by atoms with E-state index in [9.17, 15) is 14.0 Å². The lowest BCUT2D eigenvalue weighted by Crippen LogP contribution is -2.15. The molecule has 5 nitrogen and oxygen atoms in total. The summed E-state index contributed by atoms with van der Waals surface area (Å²) >= 11 is 1.46. The van der Waals surface area contributed by atoms with Crippen molar-refractivity contribution in [3.8, 4) is 0 Å². The van der Waals surface area contributed by atoms with E-state index in [1.807, 2.05) is 26.0 Å². The Bertz CT molecular complexity index is 996. The minimum absolute atomic E-state index is 0.161. The Morgan fingerprint density at radius 1 is 1.14 bits per heavy atom. The Balaban J connectivity index is 1.66. The number of hydrogen-bond acceptors (Lipinski definition) is 6. The van der Waals surface area contributed by atoms with Crippen LogP contribution in [-0.2, 0) is 10.5 Å². The topological polar surface area (TPSA) is 69.4 Å². The minimum Gasteiger partial charge on any atom is -0.454 e. The van der Waals surface area contributed by atoms with E-state index in [2.05, 4.69) is 5.16 Å². The van der Waals surface area contributed by atoms with Crippen LogP contribution in [0.2, 0.25) is 0 Å². The van der Waals surface area contributed by atoms with E-state index in [0.717, 1.165) is 28.0 Å². The summed E-state index contributed by atoms with van der Waals surface area (Å²) in [6, 6.07) is 12.3. The van der Waals surface area contributed by atoms with E-state index >= 15 is 0 Å². The maximum absolute atomic E-state index is 13.2. The van der Waals surface area contributed by atoms with Crippen LogP contribution in [0.1, 0.15) is 37.7 Å². The van der Waals surface area contributed by atoms with Gasteiger partial charge < -0.3 is 9.26 Å². The number of aromatic nitrogens is 1. The number of rotatable bonds is 7. The van der Waals surface area contributed by atoms with Crippen LogP contribution in [0, 0.1) is 19.7 Å². The highest BCUT2D eigenvalue weighted by Crippen LogP contribution is 2.29. The molecule has 0 N–H and O–H groups in total. The average Bonchev–Trinajstić information content (AvgIpc) is 3.02. The molecule has 144 valence electrons. The van der Waals surface area contributed by atoms with Gasteiger partial charge in [-0.15, -0.1) is 11.8 Å². The molecule has 28 heavy (non-hydrogen) atoms. The third-order valence-corrected chi connectivity index (χ3v) is 5.24. The van der Waals surface area contributed by atoms with Crippen LogP contribution >= 0.6 is 11.8 Å². The molecule has 0 unspecified atom stereocenters. The molecule has 0 bridgehead atoms. The molecule has 0 aliphatic rings. The first-order valence-electron chi connectivity index (χ1n) is 8.55. The van der Waals surface area contributed by atoms with Crippen molar-refractivity contribution < 1.29 is 23.2 Å². The SMILES string of the molecule is Cc1noc(C)c1CSc1ccccc1C(=O)OCC(=O)c1cccc(F)c1. The number of nitrogens with zero attached hydrogens (tertiary/aromatic N) is 1. The number of thioether (sulfide) groups is 1. The molecule has 0 saturated heterocycles. The second-order valence-electron chi connectivity index (χ2n) is 6.10. The number of ether oxygens (including phenoxy) is 1. The van der Waals surface area contributed by atoms with E-state index in [0.29, 0.717) is 11.3 Å². The fourth-order valence-corrected chi connectivity index (χ4v) is 3.77. The third-order valence-electron chi connectivity index (χ3n) is 4.14. The molecule has 2 aromatic carbocycles. The summed E-state index contributed by atoms with van der Waals surface area (Å²) < 4.78 is 23.5. The molecule has 0 aliphatic heterocycles. The van der Waals surface area contributed by atoms with Crippen molar-refractivity contribution in [3.05, 3.63) is 82.5 Å². The van der Waals surface area contributed by atoms with Crippen molar-refractivity contribution >= 4 is 23.5 Å². The Hall–Kier alpha value is -2.93. The summed E-state index contributed by atoms with van der Waals surface area (Å²) in [5, 5.41) is 3.93. The van der Waals surface area contributed by atoms with Gasteiger partial charge in [-0.2, -0.15) is 0 Å². The van der Waals surface area contributed by atoms with Gasteiger partial charge in [0.05, 0.1) is 11.3 Å². The lowest BCUT2D eigenvalue weighted by atomic mass is 10.1. The van der Waals surface area contributed by atoms with Crippen LogP contribution in [0.15, 0.2) is 57.9 Å². The number of hydrogen-bond donors (Lipinski definition) is 0. The number of aryl methyl sites for hydroxylation is 2. The van der Waals surface area contributed by atoms with Crippen molar-refractivity contribution in [2.24, 2.45) is 0 Å². The van der Waals surface area contributed by atoms with E-state index in [-0.39, 0.29) is 5.56 Å². The molecule has 3 aromatic rings. The van der Waals surface area contributed by atoms with Gasteiger partial charge >= 0.3 is 5.97 Å². The number of carbonyl (C=O) groups is 2. The molecule has 0 atom stereocenters. The fourth-order valence-electron chi connectivity index (χ4n) is 2.57. The van der Waals surface area contributed by atoms with E-state index in [1.54, 1.807) is 12.1 Å². The summed E-state index contributed by atoms with van der Waals surface area (Å²) in [6.45, 7) is 3.25. The van der Waals surface area contributed by atoms with Gasteiger partial charge in [0.25, 0.3) is 0 Å². The van der Waals surface area contributed by atoms with Crippen LogP contribution in [0.4, 0.5) is 4.39 Å². The van der Waals surface area contributed by atoms with Crippen LogP contribution in [0.3, 0.4) is 0 Å². The zero-order valence-corrected chi connectivity index (χ0v) is 16.2. The number of benzene rings is 2. The van der Waals surface area contributed by atoms with Gasteiger partial charge in [-0.3, -0.25) is 4.79 Å². The van der Waals surface area contributed by atoms with Crippen molar-refractivity contribution in [3.63, 3.8) is 0 Å². The van der Waals surface area contributed by atoms with Crippen molar-refractivity contribution in [2.45, 2.75) is 24.5 Å². The number of halogens is 1. The van der Waals surface area contributed by atoms with Crippen LogP contribution in [0.5, 0.6) is 0 Å². The maximum Gasteiger partial charge on any atom is 0.339 e. The maximum atomic E-state index is 13.2. The fraction of sp³-hybridized carbons (Fsp3) is 0.190. The first-order chi connectivity index (χ1) is 13.5. The first kappa shape index (κ1) is 19.8. The Morgan fingerprint density at radius 3 is 2.64 bits per heavy atom. The van der Waals surface area contributed by atoms with Crippen molar-refractivity contribution in [1.82, 2.24) is 5.16 Å². The molecule has 1 aromatic heterocycles. The minimum atomic E-state index is -0.605. The summed E-state index contributed by atoms with van der Waals surface area (Å²) in [4.78, 5) is 25.3. The smallest absolute Gasteiger partial charge is 0.339 e. The molecule has 0 aliphatic carbocycles. The predicted octanol–water partition coefficient (Wildman–Crippen LogP) is 4.76. The molecule has 0 radical (unpaired) electrons. The number of Topliss-reactive ketones (excluding diaryl/α,β-unsaturated/α-hetero) is 1. The van der Waals surface area contributed by atoms with Gasteiger partial charge in [0.2, 0.25) is 0 Å². The Morgan fingerprint density at radius 2 is 1.93 bits per heavy atom. The van der Waals surface area contributed by atoms with Crippen molar-refractivity contribution in [2.75, 3.05) is 6.61 Å². The highest BCUT2D eigenvalue weighted by Gasteiger charge is 2.17. The normalized spacial score (nSPS) is 10.7. The zero-order chi connectivity index (χ0) is 20.1. The Labute approximate surface area is 165 Å². The molecular formula is C21H18FNO4S. The zero-order valence-electron chi connectivity index (χ0n) is 15.4. The largest absolute Gasteiger partial charge is 0.454 e. The van der Waals surface area contributed by atoms with Crippen LogP contribution < -0.4 is 0 Å². The summed E-state index contributed by atoms with van der Waals surface area (Å²) in [5.74, 6) is -0.252. The molecular weight excluding hydrogens is 381 g/mol. The van der Waals surface area contributed by atoms with Gasteiger partial charge in [0, 0.05) is 21.8 Å². The van der Waals surface area contributed by atoms with Crippen LogP contribution in [0.25, 0.3) is 0 Å². The number of esters is 1.